The van der Waals surface area contributed by atoms with Gasteiger partial charge >= 0.3 is 0 Å². The Balaban J connectivity index is 1.89. The van der Waals surface area contributed by atoms with Gasteiger partial charge in [0.2, 0.25) is 0 Å². The number of hydrogen-bond donors (Lipinski definition) is 2. The van der Waals surface area contributed by atoms with Crippen LogP contribution in [0.3, 0.4) is 0 Å². The Labute approximate surface area is 147 Å². The van der Waals surface area contributed by atoms with E-state index >= 15 is 0 Å². The number of aromatic nitrogens is 3. The highest BCUT2D eigenvalue weighted by molar-refractivity contribution is 5.88. The molecule has 0 aliphatic rings. The number of nitrogens with one attached hydrogen (secondary N) is 2. The van der Waals surface area contributed by atoms with Gasteiger partial charge in [-0.05, 0) is 42.8 Å². The second-order valence-corrected chi connectivity index (χ2v) is 5.91. The number of aromatic amines is 2. The van der Waals surface area contributed by atoms with Crippen LogP contribution in [0.1, 0.15) is 20.8 Å². The van der Waals surface area contributed by atoms with Crippen LogP contribution in [0.15, 0.2) is 41.3 Å². The number of fused-ring (bicyclic) bond motifs is 2. The van der Waals surface area contributed by atoms with Crippen molar-refractivity contribution in [1.82, 2.24) is 14.8 Å². The fourth-order valence-corrected chi connectivity index (χ4v) is 3.19. The Bertz CT molecular complexity index is 1310. The van der Waals surface area contributed by atoms with E-state index in [1.54, 1.807) is 24.4 Å². The molecule has 2 heterocycles. The number of nitriles is 1. The van der Waals surface area contributed by atoms with Crippen molar-refractivity contribution in [3.8, 4) is 11.8 Å². The van der Waals surface area contributed by atoms with Crippen molar-refractivity contribution in [3.63, 3.8) is 0 Å². The monoisotopic (exact) mass is 335 g/mol. The molecule has 0 bridgehead atoms. The molecule has 2 aromatic carbocycles. The molecule has 0 unspecified atom stereocenters. The number of rotatable bonds is 3. The molecule has 124 valence electrons. The summed E-state index contributed by atoms with van der Waals surface area (Å²) < 4.78 is 29.0. The molecule has 0 spiro atoms. The van der Waals surface area contributed by atoms with Crippen LogP contribution in [-0.2, 0) is 6.54 Å². The predicted octanol–water partition coefficient (Wildman–Crippen LogP) is 3.05. The summed E-state index contributed by atoms with van der Waals surface area (Å²) in [6.07, 6.45) is 1.76. The second kappa shape index (κ2) is 5.56. The molecule has 0 radical (unpaired) electrons. The average molecular weight is 335 g/mol. The van der Waals surface area contributed by atoms with Crippen LogP contribution < -0.4 is 10.3 Å². The van der Waals surface area contributed by atoms with Crippen LogP contribution in [0.4, 0.5) is 0 Å². The predicted molar refractivity (Wildman–Crippen MR) is 96.0 cm³/mol. The zero-order valence-electron chi connectivity index (χ0n) is 16.4. The summed E-state index contributed by atoms with van der Waals surface area (Å²) in [7, 11) is -2.61. The SMILES string of the molecule is [2H]C([2H])([2H])Oc1cc(C)c2[nH]ccc2c1Cn1[nH]c2ccc(C#N)cc2c1=O. The number of benzene rings is 2. The van der Waals surface area contributed by atoms with Crippen molar-refractivity contribution in [3.05, 3.63) is 63.6 Å². The van der Waals surface area contributed by atoms with Crippen molar-refractivity contribution in [2.45, 2.75) is 13.5 Å². The highest BCUT2D eigenvalue weighted by atomic mass is 16.5. The minimum Gasteiger partial charge on any atom is -0.496 e. The number of hydrogen-bond acceptors (Lipinski definition) is 3. The minimum absolute atomic E-state index is 0.0927. The molecule has 0 aliphatic heterocycles. The van der Waals surface area contributed by atoms with Crippen LogP contribution in [0.25, 0.3) is 21.8 Å². The number of aryl methyl sites for hydroxylation is 1. The van der Waals surface area contributed by atoms with Crippen molar-refractivity contribution < 1.29 is 8.85 Å². The smallest absolute Gasteiger partial charge is 0.274 e. The standard InChI is InChI=1S/C19H16N4O2/c1-11-7-17(25-2)15(13-5-6-21-18(11)13)10-23-19(24)14-8-12(9-20)3-4-16(14)22-23/h3-8,21-22H,10H2,1-2H3/i2D3. The van der Waals surface area contributed by atoms with Crippen molar-refractivity contribution >= 4 is 21.8 Å². The quantitative estimate of drug-likeness (QED) is 0.603. The minimum atomic E-state index is -2.61. The maximum atomic E-state index is 12.8. The van der Waals surface area contributed by atoms with Crippen LogP contribution in [0.2, 0.25) is 0 Å². The zero-order chi connectivity index (χ0) is 20.1. The first-order chi connectivity index (χ1) is 13.3. The van der Waals surface area contributed by atoms with Gasteiger partial charge in [-0.25, -0.2) is 4.68 Å². The first kappa shape index (κ1) is 12.0. The highest BCUT2D eigenvalue weighted by Crippen LogP contribution is 2.31. The van der Waals surface area contributed by atoms with Gasteiger partial charge in [-0.1, -0.05) is 0 Å². The van der Waals surface area contributed by atoms with Crippen molar-refractivity contribution in [2.24, 2.45) is 0 Å². The van der Waals surface area contributed by atoms with E-state index in [0.717, 1.165) is 16.5 Å². The van der Waals surface area contributed by atoms with Gasteiger partial charge < -0.3 is 9.72 Å². The molecule has 4 rings (SSSR count). The Hall–Kier alpha value is -3.46. The van der Waals surface area contributed by atoms with Gasteiger partial charge in [0.15, 0.2) is 0 Å². The zero-order valence-corrected chi connectivity index (χ0v) is 13.4. The highest BCUT2D eigenvalue weighted by Gasteiger charge is 2.15. The third-order valence-corrected chi connectivity index (χ3v) is 4.42. The third-order valence-electron chi connectivity index (χ3n) is 4.42. The van der Waals surface area contributed by atoms with Crippen LogP contribution in [0.5, 0.6) is 5.75 Å². The van der Waals surface area contributed by atoms with Crippen molar-refractivity contribution in [2.75, 3.05) is 7.04 Å². The molecule has 2 aromatic heterocycles. The first-order valence-electron chi connectivity index (χ1n) is 9.18. The van der Waals surface area contributed by atoms with Crippen LogP contribution in [0, 0.1) is 18.3 Å². The summed E-state index contributed by atoms with van der Waals surface area (Å²) in [6.45, 7) is 1.95. The van der Waals surface area contributed by atoms with E-state index in [2.05, 4.69) is 10.1 Å². The summed E-state index contributed by atoms with van der Waals surface area (Å²) in [5.74, 6) is 0.202. The molecular weight excluding hydrogens is 316 g/mol. The largest absolute Gasteiger partial charge is 0.496 e. The summed E-state index contributed by atoms with van der Waals surface area (Å²) >= 11 is 0. The maximum absolute atomic E-state index is 12.8. The fraction of sp³-hybridized carbons (Fsp3) is 0.158. The lowest BCUT2D eigenvalue weighted by Crippen LogP contribution is -2.18. The Morgan fingerprint density at radius 3 is 3.00 bits per heavy atom. The molecular formula is C19H16N4O2. The third kappa shape index (κ3) is 2.29. The molecule has 0 saturated carbocycles. The molecule has 0 fully saturated rings. The average Bonchev–Trinajstić information content (AvgIpc) is 3.23. The molecule has 0 aliphatic carbocycles. The van der Waals surface area contributed by atoms with Crippen LogP contribution >= 0.6 is 0 Å². The summed E-state index contributed by atoms with van der Waals surface area (Å²) in [4.78, 5) is 15.9. The number of ether oxygens (including phenoxy) is 1. The molecule has 0 atom stereocenters. The van der Waals surface area contributed by atoms with Gasteiger partial charge in [0, 0.05) is 22.7 Å². The van der Waals surface area contributed by atoms with E-state index in [4.69, 9.17) is 14.1 Å². The molecule has 6 heteroatoms. The second-order valence-electron chi connectivity index (χ2n) is 5.91. The molecule has 0 amide bonds. The van der Waals surface area contributed by atoms with Gasteiger partial charge in [0.1, 0.15) is 5.75 Å². The number of nitrogens with zero attached hydrogens (tertiary/aromatic N) is 2. The van der Waals surface area contributed by atoms with Gasteiger partial charge in [-0.3, -0.25) is 9.89 Å². The van der Waals surface area contributed by atoms with Crippen molar-refractivity contribution in [1.29, 1.82) is 5.26 Å². The van der Waals surface area contributed by atoms with E-state index in [9.17, 15) is 4.79 Å². The Morgan fingerprint density at radius 1 is 1.32 bits per heavy atom. The van der Waals surface area contributed by atoms with Crippen LogP contribution in [-0.4, -0.2) is 21.8 Å². The first-order valence-corrected chi connectivity index (χ1v) is 7.68. The lowest BCUT2D eigenvalue weighted by molar-refractivity contribution is 0.408. The topological polar surface area (TPSA) is 86.6 Å². The molecule has 25 heavy (non-hydrogen) atoms. The normalized spacial score (nSPS) is 13.4. The fourth-order valence-electron chi connectivity index (χ4n) is 3.19. The van der Waals surface area contributed by atoms with Gasteiger partial charge in [-0.2, -0.15) is 5.26 Å². The van der Waals surface area contributed by atoms with E-state index in [1.165, 1.54) is 10.7 Å². The molecule has 6 nitrogen and oxygen atoms in total. The Kier molecular flexibility index (Phi) is 2.67. The maximum Gasteiger partial charge on any atom is 0.274 e. The summed E-state index contributed by atoms with van der Waals surface area (Å²) in [5, 5.41) is 13.2. The number of H-pyrrole nitrogens is 2. The summed E-state index contributed by atoms with van der Waals surface area (Å²) in [6, 6.07) is 10.3. The lowest BCUT2D eigenvalue weighted by atomic mass is 10.0. The molecule has 2 N–H and O–H groups in total. The van der Waals surface area contributed by atoms with E-state index in [1.807, 2.05) is 19.1 Å². The van der Waals surface area contributed by atoms with Gasteiger partial charge in [0.25, 0.3) is 5.56 Å². The van der Waals surface area contributed by atoms with E-state index in [0.29, 0.717) is 22.0 Å². The Morgan fingerprint density at radius 2 is 2.20 bits per heavy atom. The van der Waals surface area contributed by atoms with Gasteiger partial charge in [-0.15, -0.1) is 0 Å². The van der Waals surface area contributed by atoms with E-state index in [-0.39, 0.29) is 17.9 Å². The van der Waals surface area contributed by atoms with E-state index < -0.39 is 7.04 Å². The number of methoxy groups -OCH3 is 1. The molecule has 4 aromatic rings. The van der Waals surface area contributed by atoms with Gasteiger partial charge in [0.05, 0.1) is 40.2 Å². The molecule has 0 saturated heterocycles. The lowest BCUT2D eigenvalue weighted by Gasteiger charge is -2.12. The summed E-state index contributed by atoms with van der Waals surface area (Å²) in [5.41, 5.74) is 2.96.